The highest BCUT2D eigenvalue weighted by Gasteiger charge is 2.52. The van der Waals surface area contributed by atoms with E-state index in [1.165, 1.54) is 7.11 Å². The number of esters is 1. The molecule has 3 rings (SSSR count). The summed E-state index contributed by atoms with van der Waals surface area (Å²) in [6.07, 6.45) is 3.98. The van der Waals surface area contributed by atoms with Crippen molar-refractivity contribution >= 4 is 11.5 Å². The lowest BCUT2D eigenvalue weighted by molar-refractivity contribution is -0.206. The fourth-order valence-corrected chi connectivity index (χ4v) is 4.45. The topological polar surface area (TPSA) is 55.8 Å². The summed E-state index contributed by atoms with van der Waals surface area (Å²) in [5.41, 5.74) is 3.60. The van der Waals surface area contributed by atoms with Crippen LogP contribution in [0, 0.1) is 26.2 Å². The Labute approximate surface area is 143 Å². The number of cyclic esters (lactones) is 1. The zero-order chi connectivity index (χ0) is 17.5. The number of benzene rings is 1. The van der Waals surface area contributed by atoms with Gasteiger partial charge in [0.25, 0.3) is 0 Å². The van der Waals surface area contributed by atoms with Gasteiger partial charge in [-0.3, -0.25) is 0 Å². The summed E-state index contributed by atoms with van der Waals surface area (Å²) < 4.78 is 11.1. The monoisotopic (exact) mass is 330 g/mol. The minimum Gasteiger partial charge on any atom is -0.511 e. The van der Waals surface area contributed by atoms with Crippen molar-refractivity contribution < 1.29 is 19.4 Å². The third kappa shape index (κ3) is 2.53. The Morgan fingerprint density at radius 3 is 2.25 bits per heavy atom. The average Bonchev–Trinajstić information content (AvgIpc) is 2.54. The minimum atomic E-state index is -0.708. The molecule has 1 N–H and O–H groups in total. The SMILES string of the molecule is COC1OC(=O)C(c2c(C)cc(C)cc2C)=C(O)C12CCCCC2. The molecule has 4 nitrogen and oxygen atoms in total. The molecule has 130 valence electrons. The molecule has 1 atom stereocenters. The number of aliphatic hydroxyl groups excluding tert-OH is 1. The molecule has 1 spiro atoms. The maximum Gasteiger partial charge on any atom is 0.344 e. The lowest BCUT2D eigenvalue weighted by Crippen LogP contribution is -2.47. The van der Waals surface area contributed by atoms with Crippen molar-refractivity contribution in [3.8, 4) is 0 Å². The Bertz CT molecular complexity index is 673. The van der Waals surface area contributed by atoms with Gasteiger partial charge in [0.1, 0.15) is 11.3 Å². The zero-order valence-electron chi connectivity index (χ0n) is 14.9. The van der Waals surface area contributed by atoms with Gasteiger partial charge in [-0.2, -0.15) is 0 Å². The first-order chi connectivity index (χ1) is 11.4. The minimum absolute atomic E-state index is 0.153. The molecule has 0 aromatic heterocycles. The highest BCUT2D eigenvalue weighted by atomic mass is 16.7. The molecule has 0 saturated heterocycles. The smallest absolute Gasteiger partial charge is 0.344 e. The number of carbonyl (C=O) groups excluding carboxylic acids is 1. The van der Waals surface area contributed by atoms with Gasteiger partial charge in [-0.1, -0.05) is 37.0 Å². The Kier molecular flexibility index (Phi) is 4.43. The van der Waals surface area contributed by atoms with Gasteiger partial charge in [-0.05, 0) is 50.3 Å². The molecule has 0 radical (unpaired) electrons. The molecule has 1 unspecified atom stereocenters. The van der Waals surface area contributed by atoms with Crippen LogP contribution in [0.5, 0.6) is 0 Å². The van der Waals surface area contributed by atoms with Crippen molar-refractivity contribution in [2.75, 3.05) is 7.11 Å². The second-order valence-electron chi connectivity index (χ2n) is 7.19. The van der Waals surface area contributed by atoms with Crippen LogP contribution in [0.2, 0.25) is 0 Å². The lowest BCUT2D eigenvalue weighted by Gasteiger charge is -2.44. The Balaban J connectivity index is 2.22. The van der Waals surface area contributed by atoms with Gasteiger partial charge in [-0.25, -0.2) is 4.79 Å². The van der Waals surface area contributed by atoms with E-state index in [1.54, 1.807) is 0 Å². The number of methoxy groups -OCH3 is 1. The zero-order valence-corrected chi connectivity index (χ0v) is 14.9. The molecule has 1 fully saturated rings. The molecule has 1 aromatic carbocycles. The average molecular weight is 330 g/mol. The van der Waals surface area contributed by atoms with Gasteiger partial charge in [0.15, 0.2) is 0 Å². The van der Waals surface area contributed by atoms with Gasteiger partial charge < -0.3 is 14.6 Å². The highest BCUT2D eigenvalue weighted by Crippen LogP contribution is 2.51. The molecular weight excluding hydrogens is 304 g/mol. The number of aryl methyl sites for hydroxylation is 3. The predicted molar refractivity (Wildman–Crippen MR) is 92.6 cm³/mol. The normalized spacial score (nSPS) is 23.5. The van der Waals surface area contributed by atoms with Gasteiger partial charge in [0.2, 0.25) is 6.29 Å². The van der Waals surface area contributed by atoms with Crippen LogP contribution in [0.1, 0.15) is 54.4 Å². The molecule has 4 heteroatoms. The van der Waals surface area contributed by atoms with Crippen LogP contribution in [0.4, 0.5) is 0 Å². The van der Waals surface area contributed by atoms with E-state index in [0.29, 0.717) is 5.57 Å². The summed E-state index contributed by atoms with van der Waals surface area (Å²) in [5.74, 6) is -0.342. The van der Waals surface area contributed by atoms with Crippen molar-refractivity contribution in [3.63, 3.8) is 0 Å². The molecular formula is C20H26O4. The van der Waals surface area contributed by atoms with E-state index in [4.69, 9.17) is 9.47 Å². The predicted octanol–water partition coefficient (Wildman–Crippen LogP) is 4.36. The molecule has 24 heavy (non-hydrogen) atoms. The summed E-state index contributed by atoms with van der Waals surface area (Å²) in [5, 5.41) is 11.2. The molecule has 1 heterocycles. The second kappa shape index (κ2) is 6.25. The maximum absolute atomic E-state index is 12.7. The van der Waals surface area contributed by atoms with E-state index >= 15 is 0 Å². The van der Waals surface area contributed by atoms with Crippen LogP contribution < -0.4 is 0 Å². The number of carbonyl (C=O) groups is 1. The van der Waals surface area contributed by atoms with E-state index in [0.717, 1.165) is 54.4 Å². The van der Waals surface area contributed by atoms with Crippen molar-refractivity contribution in [2.24, 2.45) is 5.41 Å². The summed E-state index contributed by atoms with van der Waals surface area (Å²) in [6.45, 7) is 5.97. The van der Waals surface area contributed by atoms with Crippen LogP contribution in [0.25, 0.3) is 5.57 Å². The van der Waals surface area contributed by atoms with Crippen LogP contribution in [0.15, 0.2) is 17.9 Å². The van der Waals surface area contributed by atoms with Gasteiger partial charge in [0.05, 0.1) is 5.41 Å². The van der Waals surface area contributed by atoms with E-state index < -0.39 is 17.7 Å². The Morgan fingerprint density at radius 1 is 1.12 bits per heavy atom. The Hall–Kier alpha value is -1.81. The third-order valence-corrected chi connectivity index (χ3v) is 5.46. The summed E-state index contributed by atoms with van der Waals surface area (Å²) in [7, 11) is 1.54. The first-order valence-electron chi connectivity index (χ1n) is 8.66. The number of rotatable bonds is 2. The van der Waals surface area contributed by atoms with Crippen molar-refractivity contribution in [1.82, 2.24) is 0 Å². The molecule has 1 aliphatic carbocycles. The van der Waals surface area contributed by atoms with E-state index in [1.807, 2.05) is 32.9 Å². The summed E-state index contributed by atoms with van der Waals surface area (Å²) in [4.78, 5) is 12.7. The van der Waals surface area contributed by atoms with Crippen LogP contribution >= 0.6 is 0 Å². The fourth-order valence-electron chi connectivity index (χ4n) is 4.45. The number of ether oxygens (including phenoxy) is 2. The number of hydrogen-bond acceptors (Lipinski definition) is 4. The van der Waals surface area contributed by atoms with Crippen LogP contribution in [-0.2, 0) is 14.3 Å². The lowest BCUT2D eigenvalue weighted by atomic mass is 9.69. The standard InChI is InChI=1S/C20H26O4/c1-12-10-13(2)15(14(3)11-12)16-17(21)20(8-6-5-7-9-20)19(23-4)24-18(16)22/h10-11,19,21H,5-9H2,1-4H3. The van der Waals surface area contributed by atoms with Crippen LogP contribution in [0.3, 0.4) is 0 Å². The molecule has 0 bridgehead atoms. The van der Waals surface area contributed by atoms with Gasteiger partial charge >= 0.3 is 5.97 Å². The van der Waals surface area contributed by atoms with Crippen LogP contribution in [-0.4, -0.2) is 24.5 Å². The quantitative estimate of drug-likeness (QED) is 0.819. The first-order valence-corrected chi connectivity index (χ1v) is 8.66. The second-order valence-corrected chi connectivity index (χ2v) is 7.19. The largest absolute Gasteiger partial charge is 0.511 e. The molecule has 1 aliphatic heterocycles. The van der Waals surface area contributed by atoms with E-state index in [9.17, 15) is 9.90 Å². The maximum atomic E-state index is 12.7. The van der Waals surface area contributed by atoms with Crippen molar-refractivity contribution in [3.05, 3.63) is 40.1 Å². The van der Waals surface area contributed by atoms with Crippen molar-refractivity contribution in [2.45, 2.75) is 59.2 Å². The molecule has 2 aliphatic rings. The fraction of sp³-hybridized carbons (Fsp3) is 0.550. The number of hydrogen-bond donors (Lipinski definition) is 1. The van der Waals surface area contributed by atoms with Gasteiger partial charge in [0, 0.05) is 7.11 Å². The third-order valence-electron chi connectivity index (χ3n) is 5.46. The summed E-state index contributed by atoms with van der Waals surface area (Å²) >= 11 is 0. The van der Waals surface area contributed by atoms with Crippen molar-refractivity contribution in [1.29, 1.82) is 0 Å². The molecule has 0 amide bonds. The highest BCUT2D eigenvalue weighted by molar-refractivity contribution is 6.19. The van der Waals surface area contributed by atoms with Gasteiger partial charge in [-0.15, -0.1) is 0 Å². The Morgan fingerprint density at radius 2 is 1.71 bits per heavy atom. The molecule has 1 aromatic rings. The van der Waals surface area contributed by atoms with E-state index in [-0.39, 0.29) is 5.76 Å². The first kappa shape index (κ1) is 17.0. The number of aliphatic hydroxyl groups is 1. The van der Waals surface area contributed by atoms with E-state index in [2.05, 4.69) is 0 Å². The summed E-state index contributed by atoms with van der Waals surface area (Å²) in [6, 6.07) is 4.07. The molecule has 1 saturated carbocycles.